The molecule has 1 unspecified atom stereocenters. The SMILES string of the molecule is CCN(C)/C=N\c1cc(Br)c(N=S(=O)(c2cccc(OC)c2)C(C)C)nc1C. The number of benzene rings is 1. The zero-order chi connectivity index (χ0) is 20.9. The summed E-state index contributed by atoms with van der Waals surface area (Å²) < 4.78 is 24.3. The van der Waals surface area contributed by atoms with Gasteiger partial charge >= 0.3 is 0 Å². The Bertz CT molecular complexity index is 982. The summed E-state index contributed by atoms with van der Waals surface area (Å²) in [4.78, 5) is 11.6. The number of rotatable bonds is 7. The molecule has 0 amide bonds. The highest BCUT2D eigenvalue weighted by molar-refractivity contribution is 9.10. The van der Waals surface area contributed by atoms with Gasteiger partial charge in [-0.3, -0.25) is 0 Å². The van der Waals surface area contributed by atoms with Crippen molar-refractivity contribution in [2.75, 3.05) is 20.7 Å². The smallest absolute Gasteiger partial charge is 0.176 e. The number of ether oxygens (including phenoxy) is 1. The fourth-order valence-corrected chi connectivity index (χ4v) is 4.66. The molecule has 0 radical (unpaired) electrons. The Kier molecular flexibility index (Phi) is 7.60. The molecule has 0 fully saturated rings. The maximum absolute atomic E-state index is 13.8. The van der Waals surface area contributed by atoms with Gasteiger partial charge in [0.05, 0.1) is 43.9 Å². The molecular formula is C20H27BrN4O2S. The van der Waals surface area contributed by atoms with Crippen molar-refractivity contribution in [1.29, 1.82) is 0 Å². The van der Waals surface area contributed by atoms with Crippen molar-refractivity contribution in [3.63, 3.8) is 0 Å². The Morgan fingerprint density at radius 2 is 2.07 bits per heavy atom. The lowest BCUT2D eigenvalue weighted by Gasteiger charge is -2.16. The summed E-state index contributed by atoms with van der Waals surface area (Å²) in [6.07, 6.45) is 1.76. The van der Waals surface area contributed by atoms with Gasteiger partial charge in [0, 0.05) is 18.8 Å². The van der Waals surface area contributed by atoms with Crippen molar-refractivity contribution in [1.82, 2.24) is 9.88 Å². The van der Waals surface area contributed by atoms with Crippen LogP contribution in [-0.4, -0.2) is 46.4 Å². The van der Waals surface area contributed by atoms with Gasteiger partial charge in [0.2, 0.25) is 0 Å². The van der Waals surface area contributed by atoms with Crippen LogP contribution in [0.3, 0.4) is 0 Å². The fourth-order valence-electron chi connectivity index (χ4n) is 2.34. The van der Waals surface area contributed by atoms with Gasteiger partial charge in [0.15, 0.2) is 5.82 Å². The molecule has 1 atom stereocenters. The van der Waals surface area contributed by atoms with Crippen molar-refractivity contribution < 1.29 is 8.95 Å². The number of halogens is 1. The summed E-state index contributed by atoms with van der Waals surface area (Å²) in [5.74, 6) is 1.05. The molecule has 0 aliphatic rings. The van der Waals surface area contributed by atoms with Crippen LogP contribution in [0.25, 0.3) is 0 Å². The van der Waals surface area contributed by atoms with Crippen LogP contribution in [0, 0.1) is 6.92 Å². The molecule has 0 aliphatic carbocycles. The normalized spacial score (nSPS) is 13.6. The summed E-state index contributed by atoms with van der Waals surface area (Å²) in [5.41, 5.74) is 1.46. The Morgan fingerprint density at radius 3 is 2.68 bits per heavy atom. The molecule has 0 N–H and O–H groups in total. The van der Waals surface area contributed by atoms with Crippen LogP contribution in [0.15, 0.2) is 49.1 Å². The number of nitrogens with zero attached hydrogens (tertiary/aromatic N) is 4. The minimum atomic E-state index is -2.75. The second-order valence-electron chi connectivity index (χ2n) is 6.60. The van der Waals surface area contributed by atoms with Crippen molar-refractivity contribution >= 4 is 43.5 Å². The van der Waals surface area contributed by atoms with Gasteiger partial charge in [0.1, 0.15) is 5.75 Å². The van der Waals surface area contributed by atoms with E-state index in [0.717, 1.165) is 17.9 Å². The second-order valence-corrected chi connectivity index (χ2v) is 10.2. The first-order valence-electron chi connectivity index (χ1n) is 9.03. The maximum atomic E-state index is 13.8. The second kappa shape index (κ2) is 9.52. The quantitative estimate of drug-likeness (QED) is 0.407. The van der Waals surface area contributed by atoms with Gasteiger partial charge in [-0.25, -0.2) is 14.2 Å². The van der Waals surface area contributed by atoms with Crippen LogP contribution in [0.1, 0.15) is 26.5 Å². The number of aromatic nitrogens is 1. The van der Waals surface area contributed by atoms with Crippen molar-refractivity contribution in [3.05, 3.63) is 40.5 Å². The minimum Gasteiger partial charge on any atom is -0.497 e. The van der Waals surface area contributed by atoms with Gasteiger partial charge in [-0.1, -0.05) is 6.07 Å². The van der Waals surface area contributed by atoms with Crippen molar-refractivity contribution in [2.24, 2.45) is 9.36 Å². The molecular weight excluding hydrogens is 440 g/mol. The molecule has 0 saturated heterocycles. The predicted molar refractivity (Wildman–Crippen MR) is 120 cm³/mol. The molecule has 0 saturated carbocycles. The van der Waals surface area contributed by atoms with Crippen LogP contribution < -0.4 is 4.74 Å². The summed E-state index contributed by atoms with van der Waals surface area (Å²) in [5, 5.41) is -0.204. The van der Waals surface area contributed by atoms with Crippen LogP contribution in [0.4, 0.5) is 11.5 Å². The van der Waals surface area contributed by atoms with Crippen LogP contribution >= 0.6 is 15.9 Å². The highest BCUT2D eigenvalue weighted by atomic mass is 79.9. The van der Waals surface area contributed by atoms with E-state index < -0.39 is 9.73 Å². The van der Waals surface area contributed by atoms with Crippen molar-refractivity contribution in [2.45, 2.75) is 37.8 Å². The third-order valence-corrected chi connectivity index (χ3v) is 7.49. The highest BCUT2D eigenvalue weighted by Crippen LogP contribution is 2.33. The Labute approximate surface area is 176 Å². The predicted octanol–water partition coefficient (Wildman–Crippen LogP) is 5.34. The van der Waals surface area contributed by atoms with E-state index in [1.807, 2.05) is 57.0 Å². The van der Waals surface area contributed by atoms with Crippen molar-refractivity contribution in [3.8, 4) is 5.75 Å². The maximum Gasteiger partial charge on any atom is 0.176 e. The molecule has 2 aromatic rings. The largest absolute Gasteiger partial charge is 0.497 e. The van der Waals surface area contributed by atoms with Gasteiger partial charge in [-0.05, 0) is 67.9 Å². The van der Waals surface area contributed by atoms with Gasteiger partial charge in [0.25, 0.3) is 0 Å². The molecule has 1 heterocycles. The average molecular weight is 467 g/mol. The first kappa shape index (κ1) is 22.4. The van der Waals surface area contributed by atoms with E-state index in [9.17, 15) is 4.21 Å². The third kappa shape index (κ3) is 5.11. The topological polar surface area (TPSA) is 67.2 Å². The first-order valence-corrected chi connectivity index (χ1v) is 11.4. The van der Waals surface area contributed by atoms with Crippen LogP contribution in [-0.2, 0) is 9.73 Å². The van der Waals surface area contributed by atoms with E-state index in [-0.39, 0.29) is 5.25 Å². The molecule has 1 aromatic carbocycles. The van der Waals surface area contributed by atoms with E-state index >= 15 is 0 Å². The molecule has 0 aliphatic heterocycles. The number of aliphatic imine (C=N–C) groups is 1. The van der Waals surface area contributed by atoms with E-state index in [1.54, 1.807) is 19.5 Å². The van der Waals surface area contributed by atoms with E-state index in [1.165, 1.54) is 0 Å². The number of aryl methyl sites for hydroxylation is 1. The molecule has 0 spiro atoms. The standard InChI is InChI=1S/C20H27BrN4O2S/c1-7-25(5)13-22-19-12-18(21)20(23-15(19)4)24-28(26,14(2)3)17-10-8-9-16(11-17)27-6/h8-14H,7H2,1-6H3/b22-13-. The number of hydrogen-bond donors (Lipinski definition) is 0. The molecule has 152 valence electrons. The van der Waals surface area contributed by atoms with E-state index in [2.05, 4.69) is 37.2 Å². The molecule has 0 bridgehead atoms. The fraction of sp³-hybridized carbons (Fsp3) is 0.400. The Morgan fingerprint density at radius 1 is 1.36 bits per heavy atom. The summed E-state index contributed by atoms with van der Waals surface area (Å²) >= 11 is 3.51. The first-order chi connectivity index (χ1) is 13.2. The monoisotopic (exact) mass is 466 g/mol. The minimum absolute atomic E-state index is 0.204. The zero-order valence-electron chi connectivity index (χ0n) is 17.1. The van der Waals surface area contributed by atoms with Crippen LogP contribution in [0.5, 0.6) is 5.75 Å². The molecule has 1 aromatic heterocycles. The lowest BCUT2D eigenvalue weighted by Crippen LogP contribution is -2.14. The molecule has 28 heavy (non-hydrogen) atoms. The highest BCUT2D eigenvalue weighted by Gasteiger charge is 2.20. The average Bonchev–Trinajstić information content (AvgIpc) is 2.68. The number of hydrogen-bond acceptors (Lipinski definition) is 5. The summed E-state index contributed by atoms with van der Waals surface area (Å²) in [6, 6.07) is 9.08. The lowest BCUT2D eigenvalue weighted by molar-refractivity contribution is 0.413. The summed E-state index contributed by atoms with van der Waals surface area (Å²) in [6.45, 7) is 8.57. The molecule has 8 heteroatoms. The lowest BCUT2D eigenvalue weighted by atomic mass is 10.3. The Balaban J connectivity index is 2.57. The van der Waals surface area contributed by atoms with E-state index in [4.69, 9.17) is 4.74 Å². The van der Waals surface area contributed by atoms with Gasteiger partial charge in [-0.2, -0.15) is 4.36 Å². The zero-order valence-corrected chi connectivity index (χ0v) is 19.5. The molecule has 6 nitrogen and oxygen atoms in total. The van der Waals surface area contributed by atoms with E-state index in [0.29, 0.717) is 20.9 Å². The number of pyridine rings is 1. The van der Waals surface area contributed by atoms with Gasteiger partial charge < -0.3 is 9.64 Å². The number of methoxy groups -OCH3 is 1. The summed E-state index contributed by atoms with van der Waals surface area (Å²) in [7, 11) is 0.797. The third-order valence-electron chi connectivity index (χ3n) is 4.25. The Hall–Kier alpha value is -1.93. The molecule has 2 rings (SSSR count). The van der Waals surface area contributed by atoms with Crippen LogP contribution in [0.2, 0.25) is 0 Å². The van der Waals surface area contributed by atoms with Gasteiger partial charge in [-0.15, -0.1) is 0 Å².